The van der Waals surface area contributed by atoms with Gasteiger partial charge in [-0.25, -0.2) is 4.79 Å². The number of pyridine rings is 1. The average molecular weight is 285 g/mol. The van der Waals surface area contributed by atoms with E-state index in [1.165, 1.54) is 6.20 Å². The largest absolute Gasteiger partial charge is 0.480 e. The van der Waals surface area contributed by atoms with Gasteiger partial charge < -0.3 is 10.4 Å². The lowest BCUT2D eigenvalue weighted by Gasteiger charge is -2.12. The van der Waals surface area contributed by atoms with Gasteiger partial charge in [-0.05, 0) is 34.8 Å². The molecule has 0 saturated heterocycles. The molecule has 0 radical (unpaired) electrons. The highest BCUT2D eigenvalue weighted by Crippen LogP contribution is 2.35. The number of nitrogens with one attached hydrogen (secondary N) is 1. The van der Waals surface area contributed by atoms with E-state index >= 15 is 0 Å². The molecule has 1 saturated carbocycles. The number of carboxylic acid groups (broad SMARTS) is 1. The zero-order valence-corrected chi connectivity index (χ0v) is 9.82. The third-order valence-electron chi connectivity index (χ3n) is 2.48. The molecule has 0 aliphatic heterocycles. The quantitative estimate of drug-likeness (QED) is 0.874. The Morgan fingerprint density at radius 1 is 1.44 bits per heavy atom. The van der Waals surface area contributed by atoms with E-state index in [4.69, 9.17) is 5.11 Å². The zero-order valence-electron chi connectivity index (χ0n) is 8.24. The van der Waals surface area contributed by atoms with E-state index < -0.39 is 17.4 Å². The number of aromatic nitrogens is 1. The van der Waals surface area contributed by atoms with Crippen LogP contribution in [0, 0.1) is 0 Å². The van der Waals surface area contributed by atoms with Crippen molar-refractivity contribution in [3.05, 3.63) is 28.5 Å². The maximum Gasteiger partial charge on any atom is 0.329 e. The molecule has 0 spiro atoms. The fourth-order valence-electron chi connectivity index (χ4n) is 1.34. The van der Waals surface area contributed by atoms with E-state index in [1.54, 1.807) is 12.3 Å². The molecule has 0 atom stereocenters. The first-order valence-corrected chi connectivity index (χ1v) is 5.49. The Kier molecular flexibility index (Phi) is 2.67. The second-order valence-electron chi connectivity index (χ2n) is 3.73. The maximum absolute atomic E-state index is 11.7. The number of carbonyl (C=O) groups is 2. The van der Waals surface area contributed by atoms with E-state index in [0.717, 1.165) is 0 Å². The van der Waals surface area contributed by atoms with Crippen molar-refractivity contribution in [1.82, 2.24) is 10.3 Å². The summed E-state index contributed by atoms with van der Waals surface area (Å²) in [5.41, 5.74) is -0.707. The normalized spacial score (nSPS) is 16.6. The number of amides is 1. The van der Waals surface area contributed by atoms with E-state index in [-0.39, 0.29) is 0 Å². The molecule has 1 aliphatic rings. The van der Waals surface area contributed by atoms with Crippen molar-refractivity contribution in [2.45, 2.75) is 18.4 Å². The van der Waals surface area contributed by atoms with E-state index in [9.17, 15) is 9.59 Å². The molecule has 1 heterocycles. The molecule has 1 fully saturated rings. The van der Waals surface area contributed by atoms with Crippen LogP contribution in [0.2, 0.25) is 0 Å². The minimum atomic E-state index is -1.06. The lowest BCUT2D eigenvalue weighted by Crippen LogP contribution is -2.43. The summed E-state index contributed by atoms with van der Waals surface area (Å²) in [4.78, 5) is 26.4. The van der Waals surface area contributed by atoms with Crippen molar-refractivity contribution >= 4 is 27.8 Å². The van der Waals surface area contributed by atoms with Gasteiger partial charge in [-0.2, -0.15) is 0 Å². The first-order chi connectivity index (χ1) is 7.53. The SMILES string of the molecule is O=C(NC1(C(=O)O)CC1)c1cncc(Br)c1. The van der Waals surface area contributed by atoms with Gasteiger partial charge in [0, 0.05) is 16.9 Å². The lowest BCUT2D eigenvalue weighted by molar-refractivity contribution is -0.140. The first-order valence-electron chi connectivity index (χ1n) is 4.70. The number of carbonyl (C=O) groups excluding carboxylic acids is 1. The number of aliphatic carboxylic acids is 1. The molecular weight excluding hydrogens is 276 g/mol. The summed E-state index contributed by atoms with van der Waals surface area (Å²) in [6.07, 6.45) is 3.92. The Bertz CT molecular complexity index is 457. The van der Waals surface area contributed by atoms with Gasteiger partial charge in [0.05, 0.1) is 5.56 Å². The summed E-state index contributed by atoms with van der Waals surface area (Å²) in [6, 6.07) is 1.60. The predicted molar refractivity (Wildman–Crippen MR) is 59.0 cm³/mol. The van der Waals surface area contributed by atoms with Crippen molar-refractivity contribution in [2.75, 3.05) is 0 Å². The molecule has 2 rings (SSSR count). The molecule has 1 amide bonds. The molecule has 0 bridgehead atoms. The molecule has 2 N–H and O–H groups in total. The van der Waals surface area contributed by atoms with Crippen molar-refractivity contribution < 1.29 is 14.7 Å². The predicted octanol–water partition coefficient (Wildman–Crippen LogP) is 1.19. The molecule has 0 unspecified atom stereocenters. The standard InChI is InChI=1S/C10H9BrN2O3/c11-7-3-6(4-12-5-7)8(14)13-10(1-2-10)9(15)16/h3-5H,1-2H2,(H,13,14)(H,15,16). The van der Waals surface area contributed by atoms with Crippen LogP contribution in [0.3, 0.4) is 0 Å². The Morgan fingerprint density at radius 2 is 2.12 bits per heavy atom. The maximum atomic E-state index is 11.7. The monoisotopic (exact) mass is 284 g/mol. The highest BCUT2D eigenvalue weighted by atomic mass is 79.9. The van der Waals surface area contributed by atoms with Gasteiger partial charge in [0.25, 0.3) is 5.91 Å². The minimum absolute atomic E-state index is 0.349. The van der Waals surface area contributed by atoms with Crippen LogP contribution in [-0.4, -0.2) is 27.5 Å². The molecule has 84 valence electrons. The first kappa shape index (κ1) is 11.1. The fraction of sp³-hybridized carbons (Fsp3) is 0.300. The summed E-state index contributed by atoms with van der Waals surface area (Å²) < 4.78 is 0.681. The molecule has 1 aromatic heterocycles. The highest BCUT2D eigenvalue weighted by Gasteiger charge is 2.51. The summed E-state index contributed by atoms with van der Waals surface area (Å²) in [5.74, 6) is -1.39. The number of carboxylic acids is 1. The molecule has 5 nitrogen and oxygen atoms in total. The molecule has 0 aromatic carbocycles. The third kappa shape index (κ3) is 2.06. The van der Waals surface area contributed by atoms with E-state index in [1.807, 2.05) is 0 Å². The Balaban J connectivity index is 2.12. The number of halogens is 1. The number of hydrogen-bond donors (Lipinski definition) is 2. The average Bonchev–Trinajstić information content (AvgIpc) is 2.99. The number of nitrogens with zero attached hydrogens (tertiary/aromatic N) is 1. The van der Waals surface area contributed by atoms with Crippen LogP contribution >= 0.6 is 15.9 Å². The lowest BCUT2D eigenvalue weighted by atomic mass is 10.2. The van der Waals surface area contributed by atoms with Crippen LogP contribution in [0.25, 0.3) is 0 Å². The topological polar surface area (TPSA) is 79.3 Å². The Hall–Kier alpha value is -1.43. The van der Waals surface area contributed by atoms with Gasteiger partial charge in [-0.3, -0.25) is 9.78 Å². The second-order valence-corrected chi connectivity index (χ2v) is 4.65. The van der Waals surface area contributed by atoms with E-state index in [0.29, 0.717) is 22.9 Å². The smallest absolute Gasteiger partial charge is 0.329 e. The van der Waals surface area contributed by atoms with Crippen molar-refractivity contribution in [3.8, 4) is 0 Å². The summed E-state index contributed by atoms with van der Waals surface area (Å²) in [6.45, 7) is 0. The molecular formula is C10H9BrN2O3. The third-order valence-corrected chi connectivity index (χ3v) is 2.91. The minimum Gasteiger partial charge on any atom is -0.480 e. The molecule has 6 heteroatoms. The van der Waals surface area contributed by atoms with Crippen LogP contribution in [0.15, 0.2) is 22.9 Å². The van der Waals surface area contributed by atoms with Crippen LogP contribution in [0.1, 0.15) is 23.2 Å². The Labute approximate surface area is 100 Å². The summed E-state index contributed by atoms with van der Waals surface area (Å²) in [7, 11) is 0. The van der Waals surface area contributed by atoms with Crippen molar-refractivity contribution in [3.63, 3.8) is 0 Å². The number of rotatable bonds is 3. The van der Waals surface area contributed by atoms with Crippen LogP contribution in [0.5, 0.6) is 0 Å². The van der Waals surface area contributed by atoms with Crippen LogP contribution in [0.4, 0.5) is 0 Å². The zero-order chi connectivity index (χ0) is 11.8. The van der Waals surface area contributed by atoms with Crippen LogP contribution in [-0.2, 0) is 4.79 Å². The Morgan fingerprint density at radius 3 is 2.62 bits per heavy atom. The molecule has 16 heavy (non-hydrogen) atoms. The van der Waals surface area contributed by atoms with Gasteiger partial charge in [0.15, 0.2) is 0 Å². The summed E-state index contributed by atoms with van der Waals surface area (Å²) in [5, 5.41) is 11.4. The van der Waals surface area contributed by atoms with Crippen molar-refractivity contribution in [1.29, 1.82) is 0 Å². The van der Waals surface area contributed by atoms with Gasteiger partial charge in [-0.1, -0.05) is 0 Å². The van der Waals surface area contributed by atoms with Gasteiger partial charge >= 0.3 is 5.97 Å². The van der Waals surface area contributed by atoms with Gasteiger partial charge in [0.1, 0.15) is 5.54 Å². The van der Waals surface area contributed by atoms with Crippen molar-refractivity contribution in [2.24, 2.45) is 0 Å². The van der Waals surface area contributed by atoms with E-state index in [2.05, 4.69) is 26.2 Å². The highest BCUT2D eigenvalue weighted by molar-refractivity contribution is 9.10. The fourth-order valence-corrected chi connectivity index (χ4v) is 1.71. The van der Waals surface area contributed by atoms with Crippen LogP contribution < -0.4 is 5.32 Å². The summed E-state index contributed by atoms with van der Waals surface area (Å²) >= 11 is 3.20. The number of hydrogen-bond acceptors (Lipinski definition) is 3. The van der Waals surface area contributed by atoms with Gasteiger partial charge in [-0.15, -0.1) is 0 Å². The molecule has 1 aromatic rings. The second kappa shape index (κ2) is 3.86. The molecule has 1 aliphatic carbocycles. The van der Waals surface area contributed by atoms with Gasteiger partial charge in [0.2, 0.25) is 0 Å².